The molecule has 0 aliphatic heterocycles. The van der Waals surface area contributed by atoms with Crippen molar-refractivity contribution in [3.63, 3.8) is 0 Å². The molecule has 1 N–H and O–H groups in total. The lowest BCUT2D eigenvalue weighted by Crippen LogP contribution is -2.13. The van der Waals surface area contributed by atoms with Gasteiger partial charge >= 0.3 is 0 Å². The summed E-state index contributed by atoms with van der Waals surface area (Å²) in [5.41, 5.74) is 2.50. The highest BCUT2D eigenvalue weighted by molar-refractivity contribution is 5.84. The third-order valence-corrected chi connectivity index (χ3v) is 3.33. The van der Waals surface area contributed by atoms with Crippen molar-refractivity contribution in [2.24, 2.45) is 0 Å². The number of nitrogens with zero attached hydrogens (tertiary/aromatic N) is 3. The van der Waals surface area contributed by atoms with Crippen molar-refractivity contribution in [2.45, 2.75) is 26.4 Å². The quantitative estimate of drug-likeness (QED) is 0.699. The predicted molar refractivity (Wildman–Crippen MR) is 77.3 cm³/mol. The SMILES string of the molecule is CCCNCc1cn(Cc2ncon2)c2ccccc12. The number of para-hydroxylation sites is 1. The summed E-state index contributed by atoms with van der Waals surface area (Å²) < 4.78 is 6.97. The summed E-state index contributed by atoms with van der Waals surface area (Å²) in [6.45, 7) is 4.72. The van der Waals surface area contributed by atoms with Crippen LogP contribution in [0, 0.1) is 0 Å². The fourth-order valence-electron chi connectivity index (χ4n) is 2.41. The minimum atomic E-state index is 0.630. The smallest absolute Gasteiger partial charge is 0.213 e. The van der Waals surface area contributed by atoms with E-state index in [2.05, 4.69) is 57.4 Å². The Labute approximate surface area is 117 Å². The Morgan fingerprint density at radius 3 is 3.00 bits per heavy atom. The zero-order valence-corrected chi connectivity index (χ0v) is 11.5. The first kappa shape index (κ1) is 12.9. The molecule has 0 atom stereocenters. The van der Waals surface area contributed by atoms with E-state index in [1.807, 2.05) is 0 Å². The number of rotatable bonds is 6. The second-order valence-electron chi connectivity index (χ2n) is 4.82. The molecule has 0 bridgehead atoms. The summed E-state index contributed by atoms with van der Waals surface area (Å²) in [5, 5.41) is 8.61. The topological polar surface area (TPSA) is 55.9 Å². The minimum absolute atomic E-state index is 0.630. The molecule has 0 spiro atoms. The summed E-state index contributed by atoms with van der Waals surface area (Å²) in [7, 11) is 0. The van der Waals surface area contributed by atoms with E-state index in [4.69, 9.17) is 4.52 Å². The van der Waals surface area contributed by atoms with Crippen LogP contribution < -0.4 is 5.32 Å². The third kappa shape index (κ3) is 2.58. The Hall–Kier alpha value is -2.14. The maximum Gasteiger partial charge on any atom is 0.213 e. The average molecular weight is 270 g/mol. The van der Waals surface area contributed by atoms with Crippen LogP contribution in [0.5, 0.6) is 0 Å². The van der Waals surface area contributed by atoms with Crippen LogP contribution in [-0.2, 0) is 13.1 Å². The highest BCUT2D eigenvalue weighted by atomic mass is 16.5. The molecule has 0 saturated carbocycles. The van der Waals surface area contributed by atoms with Crippen molar-refractivity contribution in [1.29, 1.82) is 0 Å². The van der Waals surface area contributed by atoms with Gasteiger partial charge in [-0.05, 0) is 24.6 Å². The largest absolute Gasteiger partial charge is 0.343 e. The van der Waals surface area contributed by atoms with Crippen molar-refractivity contribution in [1.82, 2.24) is 20.0 Å². The molecule has 0 radical (unpaired) electrons. The van der Waals surface area contributed by atoms with Crippen LogP contribution in [0.1, 0.15) is 24.7 Å². The Morgan fingerprint density at radius 1 is 1.30 bits per heavy atom. The molecular weight excluding hydrogens is 252 g/mol. The summed E-state index contributed by atoms with van der Waals surface area (Å²) in [5.74, 6) is 0.693. The molecule has 0 unspecified atom stereocenters. The molecule has 2 aromatic heterocycles. The Kier molecular flexibility index (Phi) is 3.78. The number of hydrogen-bond donors (Lipinski definition) is 1. The lowest BCUT2D eigenvalue weighted by Gasteiger charge is -2.00. The van der Waals surface area contributed by atoms with Gasteiger partial charge in [0.05, 0.1) is 6.54 Å². The fourth-order valence-corrected chi connectivity index (χ4v) is 2.41. The van der Waals surface area contributed by atoms with Crippen molar-refractivity contribution in [2.75, 3.05) is 6.54 Å². The summed E-state index contributed by atoms with van der Waals surface area (Å²) in [6.07, 6.45) is 4.68. The standard InChI is InChI=1S/C15H18N4O/c1-2-7-16-8-12-9-19(10-15-17-11-20-18-15)14-6-4-3-5-13(12)14/h3-6,9,11,16H,2,7-8,10H2,1H3. The molecule has 1 aromatic carbocycles. The highest BCUT2D eigenvalue weighted by Gasteiger charge is 2.09. The number of fused-ring (bicyclic) bond motifs is 1. The van der Waals surface area contributed by atoms with Gasteiger partial charge in [-0.3, -0.25) is 0 Å². The molecular formula is C15H18N4O. The molecule has 0 aliphatic carbocycles. The molecule has 104 valence electrons. The van der Waals surface area contributed by atoms with Gasteiger partial charge in [-0.2, -0.15) is 4.98 Å². The van der Waals surface area contributed by atoms with E-state index in [-0.39, 0.29) is 0 Å². The second kappa shape index (κ2) is 5.88. The van der Waals surface area contributed by atoms with Crippen LogP contribution in [-0.4, -0.2) is 21.3 Å². The van der Waals surface area contributed by atoms with Gasteiger partial charge in [0.2, 0.25) is 6.39 Å². The van der Waals surface area contributed by atoms with Crippen molar-refractivity contribution >= 4 is 10.9 Å². The molecule has 0 aliphatic rings. The zero-order chi connectivity index (χ0) is 13.8. The van der Waals surface area contributed by atoms with Crippen LogP contribution in [0.3, 0.4) is 0 Å². The van der Waals surface area contributed by atoms with Crippen molar-refractivity contribution in [3.8, 4) is 0 Å². The van der Waals surface area contributed by atoms with E-state index in [1.165, 1.54) is 22.9 Å². The maximum absolute atomic E-state index is 4.80. The minimum Gasteiger partial charge on any atom is -0.343 e. The lowest BCUT2D eigenvalue weighted by molar-refractivity contribution is 0.408. The Morgan fingerprint density at radius 2 is 2.20 bits per heavy atom. The number of benzene rings is 1. The van der Waals surface area contributed by atoms with Gasteiger partial charge in [0, 0.05) is 23.6 Å². The van der Waals surface area contributed by atoms with Gasteiger partial charge in [-0.1, -0.05) is 30.3 Å². The molecule has 3 aromatic rings. The zero-order valence-electron chi connectivity index (χ0n) is 11.5. The van der Waals surface area contributed by atoms with E-state index < -0.39 is 0 Å². The molecule has 5 heteroatoms. The van der Waals surface area contributed by atoms with Gasteiger partial charge in [-0.15, -0.1) is 0 Å². The number of aromatic nitrogens is 3. The van der Waals surface area contributed by atoms with Crippen LogP contribution in [0.4, 0.5) is 0 Å². The lowest BCUT2D eigenvalue weighted by atomic mass is 10.2. The van der Waals surface area contributed by atoms with Gasteiger partial charge in [0.15, 0.2) is 5.82 Å². The van der Waals surface area contributed by atoms with Crippen molar-refractivity contribution < 1.29 is 4.52 Å². The highest BCUT2D eigenvalue weighted by Crippen LogP contribution is 2.21. The third-order valence-electron chi connectivity index (χ3n) is 3.33. The summed E-state index contributed by atoms with van der Waals surface area (Å²) in [6, 6.07) is 8.41. The first-order chi connectivity index (χ1) is 9.88. The van der Waals surface area contributed by atoms with Crippen LogP contribution in [0.15, 0.2) is 41.4 Å². The monoisotopic (exact) mass is 270 g/mol. The van der Waals surface area contributed by atoms with Gasteiger partial charge < -0.3 is 14.4 Å². The van der Waals surface area contributed by atoms with E-state index >= 15 is 0 Å². The first-order valence-electron chi connectivity index (χ1n) is 6.91. The molecule has 0 saturated heterocycles. The van der Waals surface area contributed by atoms with E-state index in [0.717, 1.165) is 19.5 Å². The summed E-state index contributed by atoms with van der Waals surface area (Å²) in [4.78, 5) is 4.09. The van der Waals surface area contributed by atoms with Gasteiger partial charge in [0.1, 0.15) is 0 Å². The van der Waals surface area contributed by atoms with Gasteiger partial charge in [0.25, 0.3) is 0 Å². The van der Waals surface area contributed by atoms with E-state index in [9.17, 15) is 0 Å². The molecule has 20 heavy (non-hydrogen) atoms. The maximum atomic E-state index is 4.80. The van der Waals surface area contributed by atoms with E-state index in [1.54, 1.807) is 0 Å². The molecule has 0 amide bonds. The number of hydrogen-bond acceptors (Lipinski definition) is 4. The molecule has 0 fully saturated rings. The number of nitrogens with one attached hydrogen (secondary N) is 1. The predicted octanol–water partition coefficient (Wildman–Crippen LogP) is 2.57. The van der Waals surface area contributed by atoms with Crippen molar-refractivity contribution in [3.05, 3.63) is 48.2 Å². The second-order valence-corrected chi connectivity index (χ2v) is 4.82. The van der Waals surface area contributed by atoms with Crippen LogP contribution in [0.25, 0.3) is 10.9 Å². The average Bonchev–Trinajstić information content (AvgIpc) is 3.09. The summed E-state index contributed by atoms with van der Waals surface area (Å²) >= 11 is 0. The molecule has 2 heterocycles. The first-order valence-corrected chi connectivity index (χ1v) is 6.91. The van der Waals surface area contributed by atoms with E-state index in [0.29, 0.717) is 12.4 Å². The van der Waals surface area contributed by atoms with Crippen LogP contribution >= 0.6 is 0 Å². The molecule has 5 nitrogen and oxygen atoms in total. The molecule has 3 rings (SSSR count). The normalized spacial score (nSPS) is 11.2. The Bertz CT molecular complexity index is 672. The fraction of sp³-hybridized carbons (Fsp3) is 0.333. The van der Waals surface area contributed by atoms with Gasteiger partial charge in [-0.25, -0.2) is 0 Å². The van der Waals surface area contributed by atoms with Crippen LogP contribution in [0.2, 0.25) is 0 Å². The Balaban J connectivity index is 1.91.